The molecule has 0 saturated carbocycles. The molecule has 1 fully saturated rings. The summed E-state index contributed by atoms with van der Waals surface area (Å²) in [6, 6.07) is 10.1. The Kier molecular flexibility index (Phi) is 6.05. The highest BCUT2D eigenvalue weighted by Gasteiger charge is 2.51. The fraction of sp³-hybridized carbons (Fsp3) is 0.550. The third kappa shape index (κ3) is 3.65. The second-order valence-electron chi connectivity index (χ2n) is 7.66. The molecule has 132 valence electrons. The van der Waals surface area contributed by atoms with Gasteiger partial charge in [-0.3, -0.25) is 4.79 Å². The molecule has 1 saturated heterocycles. The van der Waals surface area contributed by atoms with E-state index in [1.807, 2.05) is 18.2 Å². The Morgan fingerprint density at radius 3 is 2.00 bits per heavy atom. The molecule has 0 aromatic heterocycles. The molecule has 1 aromatic carbocycles. The number of nitrogens with one attached hydrogen (secondary N) is 1. The average molecular weight is 346 g/mol. The topological polar surface area (TPSA) is 38.3 Å². The van der Waals surface area contributed by atoms with Gasteiger partial charge in [-0.05, 0) is 22.2 Å². The van der Waals surface area contributed by atoms with Crippen LogP contribution in [0.4, 0.5) is 0 Å². The SMILES string of the molecule is CC(C)[Si](OC1C(=O)NC1C=Cc1ccccc1)(C(C)C)C(C)C. The van der Waals surface area contributed by atoms with E-state index in [9.17, 15) is 4.79 Å². The molecule has 0 radical (unpaired) electrons. The molecule has 3 nitrogen and oxygen atoms in total. The van der Waals surface area contributed by atoms with Crippen molar-refractivity contribution in [3.8, 4) is 0 Å². The van der Waals surface area contributed by atoms with Gasteiger partial charge in [-0.15, -0.1) is 0 Å². The summed E-state index contributed by atoms with van der Waals surface area (Å²) in [4.78, 5) is 12.2. The lowest BCUT2D eigenvalue weighted by Crippen LogP contribution is -2.67. The van der Waals surface area contributed by atoms with Crippen molar-refractivity contribution in [3.63, 3.8) is 0 Å². The summed E-state index contributed by atoms with van der Waals surface area (Å²) in [5.41, 5.74) is 2.57. The summed E-state index contributed by atoms with van der Waals surface area (Å²) in [5.74, 6) is 0.0246. The largest absolute Gasteiger partial charge is 0.402 e. The molecule has 1 N–H and O–H groups in total. The van der Waals surface area contributed by atoms with Crippen LogP contribution in [0, 0.1) is 0 Å². The van der Waals surface area contributed by atoms with Crippen LogP contribution in [-0.4, -0.2) is 26.4 Å². The number of β-lactam (4-membered cyclic amide) rings is 1. The molecule has 4 heteroatoms. The van der Waals surface area contributed by atoms with Crippen LogP contribution in [0.15, 0.2) is 36.4 Å². The molecule has 1 aliphatic heterocycles. The van der Waals surface area contributed by atoms with Gasteiger partial charge in [-0.25, -0.2) is 0 Å². The van der Waals surface area contributed by atoms with E-state index in [4.69, 9.17) is 4.43 Å². The van der Waals surface area contributed by atoms with Gasteiger partial charge in [0.1, 0.15) is 6.10 Å². The van der Waals surface area contributed by atoms with Crippen molar-refractivity contribution in [1.82, 2.24) is 5.32 Å². The minimum Gasteiger partial charge on any atom is -0.402 e. The first kappa shape index (κ1) is 18.9. The van der Waals surface area contributed by atoms with Crippen LogP contribution in [0.2, 0.25) is 16.6 Å². The monoisotopic (exact) mass is 345 g/mol. The number of rotatable bonds is 7. The van der Waals surface area contributed by atoms with Crippen molar-refractivity contribution in [2.24, 2.45) is 0 Å². The van der Waals surface area contributed by atoms with Gasteiger partial charge in [0, 0.05) is 0 Å². The smallest absolute Gasteiger partial charge is 0.250 e. The van der Waals surface area contributed by atoms with Crippen molar-refractivity contribution in [3.05, 3.63) is 42.0 Å². The quantitative estimate of drug-likeness (QED) is 0.571. The molecule has 1 amide bonds. The molecule has 24 heavy (non-hydrogen) atoms. The predicted molar refractivity (Wildman–Crippen MR) is 103 cm³/mol. The zero-order chi connectivity index (χ0) is 17.9. The Balaban J connectivity index is 2.16. The van der Waals surface area contributed by atoms with E-state index in [2.05, 4.69) is 71.1 Å². The zero-order valence-electron chi connectivity index (χ0n) is 15.7. The normalized spacial score (nSPS) is 21.6. The number of amides is 1. The van der Waals surface area contributed by atoms with Crippen molar-refractivity contribution in [2.45, 2.75) is 70.3 Å². The molecule has 1 aromatic rings. The van der Waals surface area contributed by atoms with Crippen LogP contribution in [0.25, 0.3) is 6.08 Å². The Hall–Kier alpha value is -1.39. The standard InChI is InChI=1S/C20H31NO2Si/c1-14(2)24(15(3)4,16(5)6)23-19-18(21-20(19)22)13-12-17-10-8-7-9-11-17/h7-16,18-19H,1-6H3,(H,21,22). The van der Waals surface area contributed by atoms with Crippen LogP contribution >= 0.6 is 0 Å². The predicted octanol–water partition coefficient (Wildman–Crippen LogP) is 4.76. The van der Waals surface area contributed by atoms with Crippen molar-refractivity contribution < 1.29 is 9.22 Å². The molecule has 2 rings (SSSR count). The summed E-state index contributed by atoms with van der Waals surface area (Å²) in [6.45, 7) is 13.5. The van der Waals surface area contributed by atoms with E-state index >= 15 is 0 Å². The lowest BCUT2D eigenvalue weighted by Gasteiger charge is -2.48. The first-order valence-corrected chi connectivity index (χ1v) is 11.1. The maximum absolute atomic E-state index is 12.2. The maximum Gasteiger partial charge on any atom is 0.250 e. The summed E-state index contributed by atoms with van der Waals surface area (Å²) in [5, 5.41) is 2.97. The second kappa shape index (κ2) is 7.66. The Labute approximate surface area is 147 Å². The fourth-order valence-electron chi connectivity index (χ4n) is 4.07. The van der Waals surface area contributed by atoms with E-state index in [0.29, 0.717) is 16.6 Å². The highest BCUT2D eigenvalue weighted by Crippen LogP contribution is 2.44. The third-order valence-corrected chi connectivity index (χ3v) is 11.3. The highest BCUT2D eigenvalue weighted by atomic mass is 28.4. The highest BCUT2D eigenvalue weighted by molar-refractivity contribution is 6.77. The second-order valence-corrected chi connectivity index (χ2v) is 13.1. The van der Waals surface area contributed by atoms with Gasteiger partial charge in [0.2, 0.25) is 8.32 Å². The first-order valence-electron chi connectivity index (χ1n) is 9.00. The Morgan fingerprint density at radius 2 is 1.54 bits per heavy atom. The molecule has 2 atom stereocenters. The van der Waals surface area contributed by atoms with E-state index in [0.717, 1.165) is 5.56 Å². The molecule has 2 unspecified atom stereocenters. The van der Waals surface area contributed by atoms with Gasteiger partial charge < -0.3 is 9.74 Å². The molecular formula is C20H31NO2Si. The summed E-state index contributed by atoms with van der Waals surface area (Å²) >= 11 is 0. The van der Waals surface area contributed by atoms with Gasteiger partial charge in [0.25, 0.3) is 5.91 Å². The number of hydrogen-bond donors (Lipinski definition) is 1. The van der Waals surface area contributed by atoms with Gasteiger partial charge in [0.05, 0.1) is 6.04 Å². The molecular weight excluding hydrogens is 314 g/mol. The molecule has 0 bridgehead atoms. The minimum atomic E-state index is -2.05. The summed E-state index contributed by atoms with van der Waals surface area (Å²) in [6.07, 6.45) is 3.77. The average Bonchev–Trinajstić information content (AvgIpc) is 2.51. The molecule has 1 heterocycles. The van der Waals surface area contributed by atoms with Gasteiger partial charge in [-0.2, -0.15) is 0 Å². The van der Waals surface area contributed by atoms with E-state index in [-0.39, 0.29) is 18.1 Å². The van der Waals surface area contributed by atoms with E-state index in [1.165, 1.54) is 0 Å². The summed E-state index contributed by atoms with van der Waals surface area (Å²) in [7, 11) is -2.05. The van der Waals surface area contributed by atoms with Crippen LogP contribution in [0.3, 0.4) is 0 Å². The van der Waals surface area contributed by atoms with Crippen LogP contribution in [0.5, 0.6) is 0 Å². The Morgan fingerprint density at radius 1 is 1.00 bits per heavy atom. The first-order chi connectivity index (χ1) is 11.3. The number of benzene rings is 1. The number of carbonyl (C=O) groups excluding carboxylic acids is 1. The minimum absolute atomic E-state index is 0.0246. The van der Waals surface area contributed by atoms with Crippen LogP contribution in [0.1, 0.15) is 47.1 Å². The van der Waals surface area contributed by atoms with Crippen molar-refractivity contribution in [2.75, 3.05) is 0 Å². The number of carbonyl (C=O) groups is 1. The molecule has 0 aliphatic carbocycles. The third-order valence-electron chi connectivity index (χ3n) is 5.23. The Bertz CT molecular complexity index is 559. The number of hydrogen-bond acceptors (Lipinski definition) is 2. The lowest BCUT2D eigenvalue weighted by atomic mass is 10.0. The van der Waals surface area contributed by atoms with E-state index < -0.39 is 8.32 Å². The van der Waals surface area contributed by atoms with Crippen molar-refractivity contribution in [1.29, 1.82) is 0 Å². The molecule has 1 aliphatic rings. The zero-order valence-corrected chi connectivity index (χ0v) is 16.7. The van der Waals surface area contributed by atoms with Crippen LogP contribution in [-0.2, 0) is 9.22 Å². The fourth-order valence-corrected chi connectivity index (χ4v) is 9.58. The van der Waals surface area contributed by atoms with Gasteiger partial charge in [-0.1, -0.05) is 84.0 Å². The van der Waals surface area contributed by atoms with Crippen LogP contribution < -0.4 is 5.32 Å². The van der Waals surface area contributed by atoms with E-state index in [1.54, 1.807) is 0 Å². The van der Waals surface area contributed by atoms with Gasteiger partial charge in [0.15, 0.2) is 0 Å². The van der Waals surface area contributed by atoms with Gasteiger partial charge >= 0.3 is 0 Å². The maximum atomic E-state index is 12.2. The van der Waals surface area contributed by atoms with Crippen molar-refractivity contribution >= 4 is 20.3 Å². The summed E-state index contributed by atoms with van der Waals surface area (Å²) < 4.78 is 6.65. The lowest BCUT2D eigenvalue weighted by molar-refractivity contribution is -0.139. The molecule has 0 spiro atoms.